The third kappa shape index (κ3) is 3.37. The number of methoxy groups -OCH3 is 1. The summed E-state index contributed by atoms with van der Waals surface area (Å²) in [7, 11) is 1.66. The number of hydrogen-bond acceptors (Lipinski definition) is 4. The Morgan fingerprint density at radius 2 is 1.75 bits per heavy atom. The van der Waals surface area contributed by atoms with Crippen LogP contribution < -0.4 is 9.75 Å². The lowest BCUT2D eigenvalue weighted by molar-refractivity contribution is 0.258. The number of hydrogen-bond donors (Lipinski definition) is 1. The zero-order chi connectivity index (χ0) is 19.5. The third-order valence-electron chi connectivity index (χ3n) is 5.01. The Morgan fingerprint density at radius 3 is 2.46 bits per heavy atom. The molecule has 1 N–H and O–H groups in total. The predicted octanol–water partition coefficient (Wildman–Crippen LogP) is 4.72. The van der Waals surface area contributed by atoms with E-state index in [1.165, 1.54) is 0 Å². The first-order chi connectivity index (χ1) is 13.7. The molecule has 4 nitrogen and oxygen atoms in total. The average Bonchev–Trinajstić information content (AvgIpc) is 3.14. The van der Waals surface area contributed by atoms with E-state index in [0.29, 0.717) is 5.02 Å². The van der Waals surface area contributed by atoms with Crippen LogP contribution in [0.4, 0.5) is 5.69 Å². The minimum atomic E-state index is -0.257. The first-order valence-corrected chi connectivity index (χ1v) is 9.53. The van der Waals surface area contributed by atoms with E-state index in [2.05, 4.69) is 0 Å². The standard InChI is InChI=1S/C23H21ClN2O2/c1-28-21-13-6-5-12-19(21)22-20(15-27)26(18-10-3-2-4-11-18)25-23(22)16-8-7-9-17(24)14-16/h2-14,20,22,27H,15H2,1H3/t20-,22-/m1/s1. The highest BCUT2D eigenvalue weighted by molar-refractivity contribution is 6.31. The highest BCUT2D eigenvalue weighted by atomic mass is 35.5. The fourth-order valence-electron chi connectivity index (χ4n) is 3.75. The van der Waals surface area contributed by atoms with Gasteiger partial charge >= 0.3 is 0 Å². The van der Waals surface area contributed by atoms with E-state index in [1.807, 2.05) is 83.9 Å². The fourth-order valence-corrected chi connectivity index (χ4v) is 3.94. The minimum Gasteiger partial charge on any atom is -0.496 e. The van der Waals surface area contributed by atoms with Crippen molar-refractivity contribution in [3.05, 3.63) is 95.0 Å². The van der Waals surface area contributed by atoms with E-state index in [1.54, 1.807) is 7.11 Å². The van der Waals surface area contributed by atoms with Crippen LogP contribution in [-0.4, -0.2) is 30.6 Å². The van der Waals surface area contributed by atoms with Crippen LogP contribution in [0.25, 0.3) is 0 Å². The number of para-hydroxylation sites is 2. The molecule has 0 aliphatic carbocycles. The van der Waals surface area contributed by atoms with Crippen LogP contribution in [0.2, 0.25) is 5.02 Å². The van der Waals surface area contributed by atoms with Crippen molar-refractivity contribution >= 4 is 23.0 Å². The molecule has 1 aliphatic heterocycles. The molecule has 4 rings (SSSR count). The van der Waals surface area contributed by atoms with E-state index in [0.717, 1.165) is 28.3 Å². The molecular weight excluding hydrogens is 372 g/mol. The molecule has 0 bridgehead atoms. The topological polar surface area (TPSA) is 45.1 Å². The van der Waals surface area contributed by atoms with Crippen LogP contribution in [0.3, 0.4) is 0 Å². The molecule has 2 atom stereocenters. The monoisotopic (exact) mass is 392 g/mol. The lowest BCUT2D eigenvalue weighted by atomic mass is 9.84. The highest BCUT2D eigenvalue weighted by Crippen LogP contribution is 2.40. The SMILES string of the molecule is COc1ccccc1[C@H]1C(c2cccc(Cl)c2)=NN(c2ccccc2)[C@@H]1CO. The van der Waals surface area contributed by atoms with Gasteiger partial charge in [-0.2, -0.15) is 5.10 Å². The molecule has 0 saturated carbocycles. The van der Waals surface area contributed by atoms with E-state index >= 15 is 0 Å². The van der Waals surface area contributed by atoms with Crippen LogP contribution >= 0.6 is 11.6 Å². The number of rotatable bonds is 5. The normalized spacial score (nSPS) is 18.8. The molecule has 0 aromatic heterocycles. The number of aliphatic hydroxyl groups is 1. The largest absolute Gasteiger partial charge is 0.496 e. The van der Waals surface area contributed by atoms with Crippen molar-refractivity contribution in [1.82, 2.24) is 0 Å². The van der Waals surface area contributed by atoms with E-state index < -0.39 is 0 Å². The summed E-state index contributed by atoms with van der Waals surface area (Å²) >= 11 is 6.26. The summed E-state index contributed by atoms with van der Waals surface area (Å²) in [5, 5.41) is 17.8. The number of anilines is 1. The van der Waals surface area contributed by atoms with E-state index in [-0.39, 0.29) is 18.6 Å². The van der Waals surface area contributed by atoms with Gasteiger partial charge in [-0.25, -0.2) is 0 Å². The van der Waals surface area contributed by atoms with Gasteiger partial charge in [0.2, 0.25) is 0 Å². The molecule has 0 saturated heterocycles. The van der Waals surface area contributed by atoms with Crippen molar-refractivity contribution in [2.75, 3.05) is 18.7 Å². The lowest BCUT2D eigenvalue weighted by Crippen LogP contribution is -2.35. The van der Waals surface area contributed by atoms with Crippen molar-refractivity contribution in [1.29, 1.82) is 0 Å². The van der Waals surface area contributed by atoms with Gasteiger partial charge < -0.3 is 9.84 Å². The van der Waals surface area contributed by atoms with Crippen LogP contribution in [0, 0.1) is 0 Å². The van der Waals surface area contributed by atoms with Gasteiger partial charge in [-0.05, 0) is 35.9 Å². The maximum atomic E-state index is 10.3. The molecule has 1 heterocycles. The van der Waals surface area contributed by atoms with Crippen LogP contribution in [0.15, 0.2) is 84.0 Å². The van der Waals surface area contributed by atoms with Crippen LogP contribution in [-0.2, 0) is 0 Å². The highest BCUT2D eigenvalue weighted by Gasteiger charge is 2.40. The van der Waals surface area contributed by atoms with Crippen molar-refractivity contribution in [3.63, 3.8) is 0 Å². The average molecular weight is 393 g/mol. The molecule has 1 aliphatic rings. The first-order valence-electron chi connectivity index (χ1n) is 9.15. The second kappa shape index (κ2) is 8.05. The third-order valence-corrected chi connectivity index (χ3v) is 5.25. The molecule has 142 valence electrons. The van der Waals surface area contributed by atoms with Gasteiger partial charge in [0.15, 0.2) is 0 Å². The molecule has 28 heavy (non-hydrogen) atoms. The molecule has 3 aromatic rings. The summed E-state index contributed by atoms with van der Waals surface area (Å²) < 4.78 is 5.62. The fraction of sp³-hybridized carbons (Fsp3) is 0.174. The minimum absolute atomic E-state index is 0.0504. The van der Waals surface area contributed by atoms with E-state index in [9.17, 15) is 5.11 Å². The Morgan fingerprint density at radius 1 is 1.00 bits per heavy atom. The zero-order valence-corrected chi connectivity index (χ0v) is 16.3. The predicted molar refractivity (Wildman–Crippen MR) is 114 cm³/mol. The number of ether oxygens (including phenoxy) is 1. The smallest absolute Gasteiger partial charge is 0.122 e. The summed E-state index contributed by atoms with van der Waals surface area (Å²) in [5.74, 6) is 0.607. The Kier molecular flexibility index (Phi) is 5.33. The lowest BCUT2D eigenvalue weighted by Gasteiger charge is -2.27. The summed E-state index contributed by atoms with van der Waals surface area (Å²) in [5.41, 5.74) is 3.70. The Balaban J connectivity index is 1.89. The van der Waals surface area contributed by atoms with Gasteiger partial charge in [0, 0.05) is 10.6 Å². The molecule has 0 amide bonds. The molecule has 0 fully saturated rings. The second-order valence-electron chi connectivity index (χ2n) is 6.65. The molecule has 5 heteroatoms. The molecule has 0 unspecified atom stereocenters. The second-order valence-corrected chi connectivity index (χ2v) is 7.08. The van der Waals surface area contributed by atoms with Crippen LogP contribution in [0.1, 0.15) is 17.0 Å². The maximum absolute atomic E-state index is 10.3. The van der Waals surface area contributed by atoms with E-state index in [4.69, 9.17) is 21.4 Å². The number of hydrazone groups is 1. The summed E-state index contributed by atoms with van der Waals surface area (Å²) in [6.45, 7) is -0.0504. The van der Waals surface area contributed by atoms with Crippen LogP contribution in [0.5, 0.6) is 5.75 Å². The summed E-state index contributed by atoms with van der Waals surface area (Å²) in [6.07, 6.45) is 0. The van der Waals surface area contributed by atoms with Gasteiger partial charge in [-0.1, -0.05) is 60.1 Å². The maximum Gasteiger partial charge on any atom is 0.122 e. The molecule has 0 spiro atoms. The number of aliphatic hydroxyl groups excluding tert-OH is 1. The first kappa shape index (κ1) is 18.5. The molecule has 3 aromatic carbocycles. The van der Waals surface area contributed by atoms with Gasteiger partial charge in [-0.3, -0.25) is 5.01 Å². The van der Waals surface area contributed by atoms with Gasteiger partial charge in [0.1, 0.15) is 5.75 Å². The summed E-state index contributed by atoms with van der Waals surface area (Å²) in [4.78, 5) is 0. The van der Waals surface area contributed by atoms with Gasteiger partial charge in [-0.15, -0.1) is 0 Å². The van der Waals surface area contributed by atoms with Crippen molar-refractivity contribution < 1.29 is 9.84 Å². The summed E-state index contributed by atoms with van der Waals surface area (Å²) in [6, 6.07) is 25.2. The number of benzene rings is 3. The quantitative estimate of drug-likeness (QED) is 0.683. The Hall–Kier alpha value is -2.82. The Bertz CT molecular complexity index is 991. The number of halogens is 1. The Labute approximate surface area is 169 Å². The van der Waals surface area contributed by atoms with Gasteiger partial charge in [0.25, 0.3) is 0 Å². The molecule has 0 radical (unpaired) electrons. The zero-order valence-electron chi connectivity index (χ0n) is 15.5. The molecular formula is C23H21ClN2O2. The van der Waals surface area contributed by atoms with Crippen molar-refractivity contribution in [2.45, 2.75) is 12.0 Å². The number of nitrogens with zero attached hydrogens (tertiary/aromatic N) is 2. The van der Waals surface area contributed by atoms with Crippen molar-refractivity contribution in [2.24, 2.45) is 5.10 Å². The van der Waals surface area contributed by atoms with Crippen molar-refractivity contribution in [3.8, 4) is 5.75 Å². The van der Waals surface area contributed by atoms with Gasteiger partial charge in [0.05, 0.1) is 37.1 Å².